The van der Waals surface area contributed by atoms with Crippen molar-refractivity contribution in [3.8, 4) is 11.5 Å². The molecule has 3 heterocycles. The number of sulfonamides is 1. The van der Waals surface area contributed by atoms with Crippen LogP contribution in [0, 0.1) is 5.92 Å². The molecule has 9 nitrogen and oxygen atoms in total. The highest BCUT2D eigenvalue weighted by molar-refractivity contribution is 7.91. The third-order valence-corrected chi connectivity index (χ3v) is 10.1. The smallest absolute Gasteiger partial charge is 0.252 e. The summed E-state index contributed by atoms with van der Waals surface area (Å²) in [5.74, 6) is 0.463. The number of carbonyl (C=O) groups excluding carboxylic acids is 1. The standard InChI is InChI=1S/C22H27N3O6S3/c1-29-12-11-25-19-16(30-2)8-9-17(31-3)20(19)33-22(25)23-21(26)15-6-4-10-24(14-15)34(27,28)18-7-5-13-32-18/h5,7-9,13,15H,4,6,10-12,14H2,1-3H3. The largest absolute Gasteiger partial charge is 0.495 e. The van der Waals surface area contributed by atoms with E-state index < -0.39 is 15.9 Å². The van der Waals surface area contributed by atoms with Gasteiger partial charge in [-0.15, -0.1) is 11.3 Å². The van der Waals surface area contributed by atoms with E-state index in [1.54, 1.807) is 38.8 Å². The Kier molecular flexibility index (Phi) is 7.73. The van der Waals surface area contributed by atoms with Gasteiger partial charge in [0.25, 0.3) is 15.9 Å². The first kappa shape index (κ1) is 24.9. The van der Waals surface area contributed by atoms with Crippen LogP contribution in [0.4, 0.5) is 0 Å². The van der Waals surface area contributed by atoms with Crippen molar-refractivity contribution >= 4 is 48.8 Å². The average molecular weight is 526 g/mol. The fraction of sp³-hybridized carbons (Fsp3) is 0.455. The molecule has 0 saturated carbocycles. The minimum Gasteiger partial charge on any atom is -0.495 e. The van der Waals surface area contributed by atoms with Crippen molar-refractivity contribution in [3.05, 3.63) is 34.4 Å². The lowest BCUT2D eigenvalue weighted by molar-refractivity contribution is -0.122. The molecule has 34 heavy (non-hydrogen) atoms. The van der Waals surface area contributed by atoms with Crippen LogP contribution in [0.15, 0.2) is 38.8 Å². The maximum absolute atomic E-state index is 13.3. The lowest BCUT2D eigenvalue weighted by atomic mass is 9.99. The number of benzene rings is 1. The predicted molar refractivity (Wildman–Crippen MR) is 131 cm³/mol. The van der Waals surface area contributed by atoms with Crippen molar-refractivity contribution in [3.63, 3.8) is 0 Å². The van der Waals surface area contributed by atoms with Crippen LogP contribution in [0.25, 0.3) is 10.2 Å². The number of methoxy groups -OCH3 is 3. The Morgan fingerprint density at radius 3 is 2.62 bits per heavy atom. The number of rotatable bonds is 8. The number of thiophene rings is 1. The highest BCUT2D eigenvalue weighted by Gasteiger charge is 2.34. The summed E-state index contributed by atoms with van der Waals surface area (Å²) in [5.41, 5.74) is 0.779. The fourth-order valence-electron chi connectivity index (χ4n) is 4.01. The van der Waals surface area contributed by atoms with E-state index in [1.165, 1.54) is 27.0 Å². The number of fused-ring (bicyclic) bond motifs is 1. The van der Waals surface area contributed by atoms with Crippen LogP contribution in [0.1, 0.15) is 12.8 Å². The predicted octanol–water partition coefficient (Wildman–Crippen LogP) is 2.96. The van der Waals surface area contributed by atoms with Crippen molar-refractivity contribution in [2.75, 3.05) is 41.0 Å². The minimum absolute atomic E-state index is 0.123. The molecule has 0 aliphatic carbocycles. The summed E-state index contributed by atoms with van der Waals surface area (Å²) in [6.07, 6.45) is 1.20. The summed E-state index contributed by atoms with van der Waals surface area (Å²) < 4.78 is 46.7. The van der Waals surface area contributed by atoms with Crippen molar-refractivity contribution in [2.24, 2.45) is 10.9 Å². The van der Waals surface area contributed by atoms with Gasteiger partial charge < -0.3 is 18.8 Å². The topological polar surface area (TPSA) is 99.4 Å². The molecule has 1 saturated heterocycles. The van der Waals surface area contributed by atoms with Gasteiger partial charge in [0.1, 0.15) is 25.9 Å². The monoisotopic (exact) mass is 525 g/mol. The van der Waals surface area contributed by atoms with Crippen molar-refractivity contribution in [1.29, 1.82) is 0 Å². The summed E-state index contributed by atoms with van der Waals surface area (Å²) in [5, 5.41) is 1.73. The van der Waals surface area contributed by atoms with Crippen molar-refractivity contribution < 1.29 is 27.4 Å². The molecule has 0 spiro atoms. The first-order valence-electron chi connectivity index (χ1n) is 10.8. The van der Waals surface area contributed by atoms with Gasteiger partial charge in [-0.2, -0.15) is 9.30 Å². The van der Waals surface area contributed by atoms with Gasteiger partial charge in [0.15, 0.2) is 4.80 Å². The van der Waals surface area contributed by atoms with Crippen LogP contribution in [0.2, 0.25) is 0 Å². The van der Waals surface area contributed by atoms with E-state index >= 15 is 0 Å². The molecule has 1 unspecified atom stereocenters. The molecular formula is C22H27N3O6S3. The van der Waals surface area contributed by atoms with E-state index in [4.69, 9.17) is 14.2 Å². The Balaban J connectivity index is 1.71. The van der Waals surface area contributed by atoms with Gasteiger partial charge in [-0.05, 0) is 36.4 Å². The second-order valence-electron chi connectivity index (χ2n) is 7.76. The Morgan fingerprint density at radius 2 is 1.94 bits per heavy atom. The molecule has 1 aromatic carbocycles. The van der Waals surface area contributed by atoms with Crippen LogP contribution in [0.5, 0.6) is 11.5 Å². The van der Waals surface area contributed by atoms with Gasteiger partial charge in [-0.25, -0.2) is 8.42 Å². The number of aromatic nitrogens is 1. The maximum Gasteiger partial charge on any atom is 0.252 e. The molecule has 1 fully saturated rings. The molecule has 3 aromatic rings. The Bertz CT molecular complexity index is 1330. The van der Waals surface area contributed by atoms with E-state index in [1.807, 2.05) is 16.7 Å². The van der Waals surface area contributed by atoms with Gasteiger partial charge in [0.05, 0.1) is 26.7 Å². The summed E-state index contributed by atoms with van der Waals surface area (Å²) in [4.78, 5) is 18.2. The molecule has 0 radical (unpaired) electrons. The summed E-state index contributed by atoms with van der Waals surface area (Å²) in [7, 11) is 1.18. The third-order valence-electron chi connectivity index (χ3n) is 5.74. The zero-order valence-electron chi connectivity index (χ0n) is 19.2. The first-order chi connectivity index (χ1) is 16.4. The second-order valence-corrected chi connectivity index (χ2v) is 11.9. The van der Waals surface area contributed by atoms with Crippen LogP contribution in [-0.4, -0.2) is 64.2 Å². The Hall–Kier alpha value is -2.25. The van der Waals surface area contributed by atoms with E-state index in [-0.39, 0.29) is 12.5 Å². The number of ether oxygens (including phenoxy) is 3. The lowest BCUT2D eigenvalue weighted by Gasteiger charge is -2.29. The molecule has 0 N–H and O–H groups in total. The lowest BCUT2D eigenvalue weighted by Crippen LogP contribution is -2.42. The molecule has 1 aliphatic rings. The van der Waals surface area contributed by atoms with Gasteiger partial charge in [-0.1, -0.05) is 17.4 Å². The number of thiazole rings is 1. The Labute approximate surface area is 206 Å². The SMILES string of the molecule is COCCn1c(=NC(=O)C2CCCN(S(=O)(=O)c3cccs3)C2)sc2c(OC)ccc(OC)c21. The number of piperidine rings is 1. The number of carbonyl (C=O) groups is 1. The van der Waals surface area contributed by atoms with Crippen LogP contribution in [-0.2, 0) is 26.1 Å². The van der Waals surface area contributed by atoms with E-state index in [0.717, 1.165) is 10.2 Å². The normalized spacial score (nSPS) is 17.9. The number of hydrogen-bond donors (Lipinski definition) is 0. The Morgan fingerprint density at radius 1 is 1.18 bits per heavy atom. The molecule has 184 valence electrons. The molecule has 2 aromatic heterocycles. The number of amides is 1. The molecule has 1 atom stereocenters. The van der Waals surface area contributed by atoms with Gasteiger partial charge in [-0.3, -0.25) is 4.79 Å². The van der Waals surface area contributed by atoms with E-state index in [0.29, 0.717) is 53.0 Å². The molecule has 4 rings (SSSR count). The zero-order chi connectivity index (χ0) is 24.3. The molecular weight excluding hydrogens is 498 g/mol. The molecule has 1 aliphatic heterocycles. The van der Waals surface area contributed by atoms with Crippen LogP contribution >= 0.6 is 22.7 Å². The average Bonchev–Trinajstić information content (AvgIpc) is 3.51. The second kappa shape index (κ2) is 10.6. The van der Waals surface area contributed by atoms with Gasteiger partial charge in [0.2, 0.25) is 0 Å². The molecule has 0 bridgehead atoms. The van der Waals surface area contributed by atoms with Crippen molar-refractivity contribution in [1.82, 2.24) is 8.87 Å². The van der Waals surface area contributed by atoms with E-state index in [2.05, 4.69) is 4.99 Å². The number of nitrogens with zero attached hydrogens (tertiary/aromatic N) is 3. The van der Waals surface area contributed by atoms with E-state index in [9.17, 15) is 13.2 Å². The summed E-state index contributed by atoms with van der Waals surface area (Å²) >= 11 is 2.52. The maximum atomic E-state index is 13.3. The van der Waals surface area contributed by atoms with Crippen molar-refractivity contribution in [2.45, 2.75) is 23.6 Å². The quantitative estimate of drug-likeness (QED) is 0.448. The fourth-order valence-corrected chi connectivity index (χ4v) is 7.85. The third kappa shape index (κ3) is 4.78. The van der Waals surface area contributed by atoms with Gasteiger partial charge in [0, 0.05) is 26.7 Å². The highest BCUT2D eigenvalue weighted by atomic mass is 32.2. The van der Waals surface area contributed by atoms with Crippen LogP contribution < -0.4 is 14.3 Å². The highest BCUT2D eigenvalue weighted by Crippen LogP contribution is 2.35. The zero-order valence-corrected chi connectivity index (χ0v) is 21.7. The molecule has 1 amide bonds. The summed E-state index contributed by atoms with van der Waals surface area (Å²) in [6, 6.07) is 6.93. The first-order valence-corrected chi connectivity index (χ1v) is 13.9. The summed E-state index contributed by atoms with van der Waals surface area (Å²) in [6.45, 7) is 1.41. The molecule has 12 heteroatoms. The van der Waals surface area contributed by atoms with Crippen LogP contribution in [0.3, 0.4) is 0 Å². The minimum atomic E-state index is -3.61. The van der Waals surface area contributed by atoms with Gasteiger partial charge >= 0.3 is 0 Å². The number of hydrogen-bond acceptors (Lipinski definition) is 8.